The van der Waals surface area contributed by atoms with Crippen LogP contribution in [0.3, 0.4) is 0 Å². The average Bonchev–Trinajstić information content (AvgIpc) is 2.04. The first kappa shape index (κ1) is 9.62. The molecule has 1 aliphatic carbocycles. The summed E-state index contributed by atoms with van der Waals surface area (Å²) in [5.41, 5.74) is 0. The van der Waals surface area contributed by atoms with E-state index in [1.54, 1.807) is 0 Å². The lowest BCUT2D eigenvalue weighted by molar-refractivity contribution is -0.134. The summed E-state index contributed by atoms with van der Waals surface area (Å²) < 4.78 is 23.9. The molecule has 1 nitrogen and oxygen atoms in total. The van der Waals surface area contributed by atoms with Crippen LogP contribution in [0.4, 0.5) is 8.78 Å². The molecule has 70 valence electrons. The molecule has 0 saturated heterocycles. The Hall–Kier alpha value is -0.470. The Bertz CT molecular complexity index is 160. The van der Waals surface area contributed by atoms with Crippen LogP contribution in [0.15, 0.2) is 0 Å². The molecular formula is C9H14F2O. The average molecular weight is 176 g/mol. The third kappa shape index (κ3) is 2.26. The van der Waals surface area contributed by atoms with Crippen LogP contribution in [0.1, 0.15) is 32.6 Å². The molecule has 0 amide bonds. The summed E-state index contributed by atoms with van der Waals surface area (Å²) in [7, 11) is 0. The quantitative estimate of drug-likeness (QED) is 0.632. The van der Waals surface area contributed by atoms with Crippen LogP contribution in [-0.4, -0.2) is 12.2 Å². The van der Waals surface area contributed by atoms with Crippen molar-refractivity contribution in [1.29, 1.82) is 0 Å². The first-order valence-corrected chi connectivity index (χ1v) is 4.43. The number of Topliss-reactive ketones (excluding diaryl/α,β-unsaturated/α-hetero) is 1. The van der Waals surface area contributed by atoms with Gasteiger partial charge in [-0.3, -0.25) is 4.79 Å². The van der Waals surface area contributed by atoms with Crippen molar-refractivity contribution in [1.82, 2.24) is 0 Å². The second-order valence-electron chi connectivity index (χ2n) is 3.66. The van der Waals surface area contributed by atoms with E-state index in [4.69, 9.17) is 0 Å². The molecule has 0 spiro atoms. The summed E-state index contributed by atoms with van der Waals surface area (Å²) in [5.74, 6) is -0.602. The number of carbonyl (C=O) groups is 1. The van der Waals surface area contributed by atoms with E-state index in [1.807, 2.05) is 0 Å². The van der Waals surface area contributed by atoms with Crippen molar-refractivity contribution in [3.8, 4) is 0 Å². The number of hydrogen-bond acceptors (Lipinski definition) is 1. The van der Waals surface area contributed by atoms with Crippen LogP contribution in [0, 0.1) is 11.8 Å². The Kier molecular flexibility index (Phi) is 3.18. The number of hydrogen-bond donors (Lipinski definition) is 0. The van der Waals surface area contributed by atoms with Crippen molar-refractivity contribution in [3.63, 3.8) is 0 Å². The van der Waals surface area contributed by atoms with E-state index in [0.29, 0.717) is 18.8 Å². The van der Waals surface area contributed by atoms with Gasteiger partial charge in [-0.15, -0.1) is 0 Å². The molecule has 0 aromatic rings. The van der Waals surface area contributed by atoms with Gasteiger partial charge in [-0.05, 0) is 18.8 Å². The largest absolute Gasteiger partial charge is 0.296 e. The summed E-state index contributed by atoms with van der Waals surface area (Å²) in [5, 5.41) is 0. The van der Waals surface area contributed by atoms with Crippen molar-refractivity contribution in [3.05, 3.63) is 0 Å². The zero-order valence-corrected chi connectivity index (χ0v) is 7.22. The van der Waals surface area contributed by atoms with Gasteiger partial charge in [0.05, 0.1) is 0 Å². The molecular weight excluding hydrogens is 162 g/mol. The standard InChI is InChI=1S/C9H14F2O/c1-6-2-4-7(5-3-6)8(12)9(10)11/h6-7,9H,2-5H2,1H3. The van der Waals surface area contributed by atoms with Crippen LogP contribution in [-0.2, 0) is 4.79 Å². The summed E-state index contributed by atoms with van der Waals surface area (Å²) in [6, 6.07) is 0. The zero-order valence-electron chi connectivity index (χ0n) is 7.22. The lowest BCUT2D eigenvalue weighted by Gasteiger charge is -2.24. The minimum atomic E-state index is -2.76. The second-order valence-corrected chi connectivity index (χ2v) is 3.66. The van der Waals surface area contributed by atoms with E-state index in [-0.39, 0.29) is 5.92 Å². The number of ketones is 1. The van der Waals surface area contributed by atoms with Crippen molar-refractivity contribution >= 4 is 5.78 Å². The Balaban J connectivity index is 2.39. The highest BCUT2D eigenvalue weighted by Crippen LogP contribution is 2.29. The molecule has 0 aromatic carbocycles. The molecule has 12 heavy (non-hydrogen) atoms. The summed E-state index contributed by atoms with van der Waals surface area (Å²) in [6.07, 6.45) is 0.393. The van der Waals surface area contributed by atoms with Gasteiger partial charge in [0.15, 0.2) is 0 Å². The number of carbonyl (C=O) groups excluding carboxylic acids is 1. The highest BCUT2D eigenvalue weighted by Gasteiger charge is 2.29. The van der Waals surface area contributed by atoms with Crippen LogP contribution < -0.4 is 0 Å². The van der Waals surface area contributed by atoms with E-state index in [1.165, 1.54) is 0 Å². The highest BCUT2D eigenvalue weighted by atomic mass is 19.3. The maximum absolute atomic E-state index is 12.0. The normalized spacial score (nSPS) is 30.7. The second kappa shape index (κ2) is 3.97. The molecule has 1 aliphatic rings. The van der Waals surface area contributed by atoms with E-state index in [9.17, 15) is 13.6 Å². The molecule has 0 unspecified atom stereocenters. The smallest absolute Gasteiger partial charge is 0.293 e. The van der Waals surface area contributed by atoms with E-state index < -0.39 is 12.2 Å². The first-order chi connectivity index (χ1) is 5.61. The van der Waals surface area contributed by atoms with Crippen LogP contribution in [0.2, 0.25) is 0 Å². The van der Waals surface area contributed by atoms with E-state index in [0.717, 1.165) is 12.8 Å². The van der Waals surface area contributed by atoms with Gasteiger partial charge in [-0.1, -0.05) is 19.8 Å². The third-order valence-electron chi connectivity index (χ3n) is 2.63. The van der Waals surface area contributed by atoms with Gasteiger partial charge in [0.2, 0.25) is 5.78 Å². The van der Waals surface area contributed by atoms with Gasteiger partial charge >= 0.3 is 0 Å². The third-order valence-corrected chi connectivity index (χ3v) is 2.63. The van der Waals surface area contributed by atoms with Gasteiger partial charge < -0.3 is 0 Å². The first-order valence-electron chi connectivity index (χ1n) is 4.43. The lowest BCUT2D eigenvalue weighted by atomic mass is 9.81. The number of halogens is 2. The van der Waals surface area contributed by atoms with Crippen LogP contribution in [0.5, 0.6) is 0 Å². The molecule has 0 radical (unpaired) electrons. The van der Waals surface area contributed by atoms with E-state index in [2.05, 4.69) is 6.92 Å². The van der Waals surface area contributed by atoms with Crippen molar-refractivity contribution < 1.29 is 13.6 Å². The Morgan fingerprint density at radius 3 is 2.17 bits per heavy atom. The molecule has 1 saturated carbocycles. The molecule has 0 bridgehead atoms. The predicted octanol–water partition coefficient (Wildman–Crippen LogP) is 2.65. The van der Waals surface area contributed by atoms with Crippen molar-refractivity contribution in [2.24, 2.45) is 11.8 Å². The number of rotatable bonds is 2. The minimum absolute atomic E-state index is 0.360. The van der Waals surface area contributed by atoms with Gasteiger partial charge in [0.1, 0.15) is 0 Å². The maximum atomic E-state index is 12.0. The minimum Gasteiger partial charge on any atom is -0.293 e. The predicted molar refractivity (Wildman–Crippen MR) is 42.1 cm³/mol. The SMILES string of the molecule is CC1CCC(C(=O)C(F)F)CC1. The Morgan fingerprint density at radius 2 is 1.75 bits per heavy atom. The summed E-state index contributed by atoms with van der Waals surface area (Å²) >= 11 is 0. The van der Waals surface area contributed by atoms with Crippen LogP contribution in [0.25, 0.3) is 0 Å². The Labute approximate surface area is 71.1 Å². The highest BCUT2D eigenvalue weighted by molar-refractivity contribution is 5.83. The van der Waals surface area contributed by atoms with Gasteiger partial charge in [0, 0.05) is 5.92 Å². The molecule has 0 N–H and O–H groups in total. The molecule has 0 aromatic heterocycles. The fraction of sp³-hybridized carbons (Fsp3) is 0.889. The number of alkyl halides is 2. The molecule has 1 fully saturated rings. The Morgan fingerprint density at radius 1 is 1.25 bits per heavy atom. The fourth-order valence-electron chi connectivity index (χ4n) is 1.72. The topological polar surface area (TPSA) is 17.1 Å². The lowest BCUT2D eigenvalue weighted by Crippen LogP contribution is -2.25. The summed E-state index contributed by atoms with van der Waals surface area (Å²) in [4.78, 5) is 10.9. The van der Waals surface area contributed by atoms with Gasteiger partial charge in [0.25, 0.3) is 6.43 Å². The molecule has 1 rings (SSSR count). The van der Waals surface area contributed by atoms with Gasteiger partial charge in [-0.25, -0.2) is 8.78 Å². The maximum Gasteiger partial charge on any atom is 0.296 e. The van der Waals surface area contributed by atoms with E-state index >= 15 is 0 Å². The van der Waals surface area contributed by atoms with Crippen LogP contribution >= 0.6 is 0 Å². The van der Waals surface area contributed by atoms with Crippen molar-refractivity contribution in [2.75, 3.05) is 0 Å². The molecule has 3 heteroatoms. The van der Waals surface area contributed by atoms with Gasteiger partial charge in [-0.2, -0.15) is 0 Å². The molecule has 0 aliphatic heterocycles. The molecule has 0 heterocycles. The zero-order chi connectivity index (χ0) is 9.14. The van der Waals surface area contributed by atoms with Crippen molar-refractivity contribution in [2.45, 2.75) is 39.0 Å². The monoisotopic (exact) mass is 176 g/mol. The summed E-state index contributed by atoms with van der Waals surface area (Å²) in [6.45, 7) is 2.10. The molecule has 0 atom stereocenters. The fourth-order valence-corrected chi connectivity index (χ4v) is 1.72.